The minimum Gasteiger partial charge on any atom is -0.492 e. The van der Waals surface area contributed by atoms with Gasteiger partial charge in [-0.05, 0) is 25.5 Å². The number of urea groups is 1. The molecule has 130 valence electrons. The number of nitrogens with one attached hydrogen (secondary N) is 1. The van der Waals surface area contributed by atoms with Gasteiger partial charge in [0.1, 0.15) is 12.3 Å². The smallest absolute Gasteiger partial charge is 0.322 e. The third-order valence-electron chi connectivity index (χ3n) is 4.50. The van der Waals surface area contributed by atoms with Gasteiger partial charge in [0.05, 0.1) is 24.4 Å². The first-order valence-electron chi connectivity index (χ1n) is 8.22. The first-order valence-corrected chi connectivity index (χ1v) is 8.22. The molecule has 0 bridgehead atoms. The van der Waals surface area contributed by atoms with Gasteiger partial charge < -0.3 is 24.6 Å². The Morgan fingerprint density at radius 1 is 1.33 bits per heavy atom. The molecule has 0 aliphatic carbocycles. The van der Waals surface area contributed by atoms with Gasteiger partial charge in [-0.15, -0.1) is 0 Å². The third-order valence-corrected chi connectivity index (χ3v) is 4.50. The second kappa shape index (κ2) is 7.09. The Kier molecular flexibility index (Phi) is 4.89. The fourth-order valence-electron chi connectivity index (χ4n) is 3.30. The normalized spacial score (nSPS) is 23.2. The molecule has 7 heteroatoms. The molecule has 2 aliphatic rings. The number of hydrogen-bond donors (Lipinski definition) is 1. The van der Waals surface area contributed by atoms with Gasteiger partial charge in [-0.25, -0.2) is 4.79 Å². The lowest BCUT2D eigenvalue weighted by atomic mass is 10.1. The maximum Gasteiger partial charge on any atom is 0.322 e. The van der Waals surface area contributed by atoms with E-state index >= 15 is 0 Å². The molecule has 1 aromatic carbocycles. The molecule has 3 amide bonds. The van der Waals surface area contributed by atoms with Crippen LogP contribution in [0.5, 0.6) is 5.75 Å². The van der Waals surface area contributed by atoms with Crippen LogP contribution < -0.4 is 10.1 Å². The first kappa shape index (κ1) is 16.6. The number of anilines is 1. The minimum atomic E-state index is -0.281. The van der Waals surface area contributed by atoms with E-state index in [0.717, 1.165) is 6.42 Å². The fraction of sp³-hybridized carbons (Fsp3) is 0.529. The van der Waals surface area contributed by atoms with Crippen LogP contribution in [0.15, 0.2) is 24.3 Å². The lowest BCUT2D eigenvalue weighted by Gasteiger charge is -2.36. The largest absolute Gasteiger partial charge is 0.492 e. The van der Waals surface area contributed by atoms with Crippen LogP contribution in [0.2, 0.25) is 0 Å². The van der Waals surface area contributed by atoms with Crippen molar-refractivity contribution in [2.24, 2.45) is 0 Å². The summed E-state index contributed by atoms with van der Waals surface area (Å²) in [5.41, 5.74) is 0.611. The van der Waals surface area contributed by atoms with E-state index < -0.39 is 0 Å². The van der Waals surface area contributed by atoms with Crippen LogP contribution in [0.3, 0.4) is 0 Å². The Morgan fingerprint density at radius 3 is 2.88 bits per heavy atom. The molecule has 0 aromatic heterocycles. The maximum absolute atomic E-state index is 12.6. The average Bonchev–Trinajstić information content (AvgIpc) is 3.00. The molecule has 2 aliphatic heterocycles. The zero-order valence-corrected chi connectivity index (χ0v) is 14.0. The molecule has 7 nitrogen and oxygen atoms in total. The Bertz CT molecular complexity index is 622. The molecule has 0 saturated carbocycles. The summed E-state index contributed by atoms with van der Waals surface area (Å²) in [5, 5.41) is 2.85. The van der Waals surface area contributed by atoms with Crippen molar-refractivity contribution in [1.29, 1.82) is 0 Å². The average molecular weight is 333 g/mol. The summed E-state index contributed by atoms with van der Waals surface area (Å²) in [6.45, 7) is 3.64. The highest BCUT2D eigenvalue weighted by Gasteiger charge is 2.41. The van der Waals surface area contributed by atoms with E-state index in [1.165, 1.54) is 0 Å². The standard InChI is InChI=1S/C17H23N3O4/c1-3-24-15-7-5-4-6-14(15)18-17(22)19-9-12-8-13(23-2)10-20(12)16(21)11-19/h4-7,12-13H,3,8-11H2,1-2H3,(H,18,22)/t12-,13-/m0/s1. The Hall–Kier alpha value is -2.28. The van der Waals surface area contributed by atoms with Gasteiger partial charge in [-0.1, -0.05) is 12.1 Å². The number of piperazine rings is 1. The Balaban J connectivity index is 1.67. The van der Waals surface area contributed by atoms with Crippen LogP contribution in [-0.4, -0.2) is 67.2 Å². The van der Waals surface area contributed by atoms with E-state index in [1.54, 1.807) is 18.1 Å². The van der Waals surface area contributed by atoms with Crippen molar-refractivity contribution in [3.63, 3.8) is 0 Å². The van der Waals surface area contributed by atoms with Crippen molar-refractivity contribution in [3.05, 3.63) is 24.3 Å². The second-order valence-electron chi connectivity index (χ2n) is 6.03. The summed E-state index contributed by atoms with van der Waals surface area (Å²) in [6, 6.07) is 7.04. The first-order chi connectivity index (χ1) is 11.6. The monoisotopic (exact) mass is 333 g/mol. The molecule has 2 saturated heterocycles. The highest BCUT2D eigenvalue weighted by atomic mass is 16.5. The van der Waals surface area contributed by atoms with E-state index in [2.05, 4.69) is 5.32 Å². The molecule has 1 aromatic rings. The molecule has 0 spiro atoms. The molecular formula is C17H23N3O4. The van der Waals surface area contributed by atoms with Gasteiger partial charge in [-0.2, -0.15) is 0 Å². The molecular weight excluding hydrogens is 310 g/mol. The number of carbonyl (C=O) groups excluding carboxylic acids is 2. The van der Waals surface area contributed by atoms with Crippen LogP contribution in [0.25, 0.3) is 0 Å². The van der Waals surface area contributed by atoms with E-state index in [9.17, 15) is 9.59 Å². The zero-order chi connectivity index (χ0) is 17.1. The summed E-state index contributed by atoms with van der Waals surface area (Å²) < 4.78 is 10.9. The number of methoxy groups -OCH3 is 1. The minimum absolute atomic E-state index is 0.0287. The molecule has 2 fully saturated rings. The molecule has 24 heavy (non-hydrogen) atoms. The van der Waals surface area contributed by atoms with Gasteiger partial charge in [0.25, 0.3) is 0 Å². The van der Waals surface area contributed by atoms with Crippen molar-refractivity contribution in [3.8, 4) is 5.75 Å². The fourth-order valence-corrected chi connectivity index (χ4v) is 3.30. The number of benzene rings is 1. The summed E-state index contributed by atoms with van der Waals surface area (Å²) in [7, 11) is 1.66. The third kappa shape index (κ3) is 3.31. The summed E-state index contributed by atoms with van der Waals surface area (Å²) >= 11 is 0. The number of para-hydroxylation sites is 2. The van der Waals surface area contributed by atoms with Crippen LogP contribution in [-0.2, 0) is 9.53 Å². The Morgan fingerprint density at radius 2 is 2.12 bits per heavy atom. The zero-order valence-electron chi connectivity index (χ0n) is 14.0. The summed E-state index contributed by atoms with van der Waals surface area (Å²) in [6.07, 6.45) is 0.822. The number of amides is 3. The second-order valence-corrected chi connectivity index (χ2v) is 6.03. The topological polar surface area (TPSA) is 71.1 Å². The molecule has 2 heterocycles. The quantitative estimate of drug-likeness (QED) is 0.907. The van der Waals surface area contributed by atoms with Gasteiger partial charge in [0, 0.05) is 20.2 Å². The van der Waals surface area contributed by atoms with Crippen LogP contribution in [0.4, 0.5) is 10.5 Å². The molecule has 1 N–H and O–H groups in total. The molecule has 0 unspecified atom stereocenters. The van der Waals surface area contributed by atoms with Gasteiger partial charge >= 0.3 is 6.03 Å². The summed E-state index contributed by atoms with van der Waals surface area (Å²) in [4.78, 5) is 28.2. The van der Waals surface area contributed by atoms with Crippen molar-refractivity contribution in [1.82, 2.24) is 9.80 Å². The van der Waals surface area contributed by atoms with Crippen LogP contribution in [0, 0.1) is 0 Å². The van der Waals surface area contributed by atoms with E-state index in [0.29, 0.717) is 31.1 Å². The van der Waals surface area contributed by atoms with Crippen molar-refractivity contribution in [2.75, 3.05) is 38.7 Å². The highest BCUT2D eigenvalue weighted by molar-refractivity contribution is 5.94. The summed E-state index contributed by atoms with van der Waals surface area (Å²) in [5.74, 6) is 0.595. The number of fused-ring (bicyclic) bond motifs is 1. The van der Waals surface area contributed by atoms with Gasteiger partial charge in [0.2, 0.25) is 5.91 Å². The number of rotatable bonds is 4. The predicted octanol–water partition coefficient (Wildman–Crippen LogP) is 1.55. The Labute approximate surface area is 141 Å². The molecule has 3 rings (SSSR count). The van der Waals surface area contributed by atoms with Crippen LogP contribution in [0.1, 0.15) is 13.3 Å². The number of hydrogen-bond acceptors (Lipinski definition) is 4. The number of ether oxygens (including phenoxy) is 2. The van der Waals surface area contributed by atoms with E-state index in [1.807, 2.05) is 30.0 Å². The SMILES string of the molecule is CCOc1ccccc1NC(=O)N1CC(=O)N2C[C@@H](OC)C[C@H]2C1. The lowest BCUT2D eigenvalue weighted by molar-refractivity contribution is -0.136. The molecule has 2 atom stereocenters. The number of nitrogens with zero attached hydrogens (tertiary/aromatic N) is 2. The highest BCUT2D eigenvalue weighted by Crippen LogP contribution is 2.27. The van der Waals surface area contributed by atoms with Crippen LogP contribution >= 0.6 is 0 Å². The number of carbonyl (C=O) groups is 2. The van der Waals surface area contributed by atoms with E-state index in [4.69, 9.17) is 9.47 Å². The lowest BCUT2D eigenvalue weighted by Crippen LogP contribution is -2.56. The van der Waals surface area contributed by atoms with E-state index in [-0.39, 0.29) is 30.6 Å². The maximum atomic E-state index is 12.6. The van der Waals surface area contributed by atoms with Crippen molar-refractivity contribution in [2.45, 2.75) is 25.5 Å². The van der Waals surface area contributed by atoms with Gasteiger partial charge in [0.15, 0.2) is 0 Å². The van der Waals surface area contributed by atoms with Crippen molar-refractivity contribution >= 4 is 17.6 Å². The van der Waals surface area contributed by atoms with Gasteiger partial charge in [-0.3, -0.25) is 4.79 Å². The van der Waals surface area contributed by atoms with Crippen molar-refractivity contribution < 1.29 is 19.1 Å². The predicted molar refractivity (Wildman–Crippen MR) is 89.1 cm³/mol. The molecule has 0 radical (unpaired) electrons.